The van der Waals surface area contributed by atoms with E-state index in [0.29, 0.717) is 19.5 Å². The number of nitrogens with one attached hydrogen (secondary N) is 3. The maximum atomic E-state index is 11.3. The number of halogens is 1. The van der Waals surface area contributed by atoms with Crippen molar-refractivity contribution < 1.29 is 4.79 Å². The lowest BCUT2D eigenvalue weighted by Crippen LogP contribution is -2.51. The second-order valence-corrected chi connectivity index (χ2v) is 7.60. The van der Waals surface area contributed by atoms with Crippen LogP contribution in [0.2, 0.25) is 0 Å². The smallest absolute Gasteiger partial charge is 0.220 e. The molecule has 0 saturated carbocycles. The highest BCUT2D eigenvalue weighted by Crippen LogP contribution is 2.30. The zero-order valence-corrected chi connectivity index (χ0v) is 16.2. The summed E-state index contributed by atoms with van der Waals surface area (Å²) in [5, 5.41) is 9.62. The zero-order valence-electron chi connectivity index (χ0n) is 14.7. The molecule has 0 bridgehead atoms. The van der Waals surface area contributed by atoms with Gasteiger partial charge in [-0.1, -0.05) is 48.0 Å². The summed E-state index contributed by atoms with van der Waals surface area (Å²) in [5.74, 6) is 0.934. The fourth-order valence-corrected chi connectivity index (χ4v) is 3.56. The summed E-state index contributed by atoms with van der Waals surface area (Å²) in [6.07, 6.45) is 1.41. The van der Waals surface area contributed by atoms with Gasteiger partial charge in [0.05, 0.1) is 6.54 Å². The maximum Gasteiger partial charge on any atom is 0.220 e. The molecule has 3 N–H and O–H groups in total. The van der Waals surface area contributed by atoms with Gasteiger partial charge in [-0.25, -0.2) is 0 Å². The molecule has 0 spiro atoms. The molecule has 1 saturated heterocycles. The van der Waals surface area contributed by atoms with Crippen molar-refractivity contribution in [3.63, 3.8) is 0 Å². The average Bonchev–Trinajstić information content (AvgIpc) is 2.55. The van der Waals surface area contributed by atoms with Gasteiger partial charge < -0.3 is 16.0 Å². The van der Waals surface area contributed by atoms with Crippen molar-refractivity contribution in [2.75, 3.05) is 19.6 Å². The molecule has 132 valence electrons. The minimum atomic E-state index is -0.0801. The first-order chi connectivity index (χ1) is 11.4. The zero-order chi connectivity index (χ0) is 17.6. The van der Waals surface area contributed by atoms with Crippen molar-refractivity contribution in [2.45, 2.75) is 45.1 Å². The first-order valence-electron chi connectivity index (χ1n) is 8.49. The number of amides is 1. The molecule has 1 aliphatic rings. The van der Waals surface area contributed by atoms with E-state index >= 15 is 0 Å². The Labute approximate surface area is 152 Å². The van der Waals surface area contributed by atoms with Gasteiger partial charge >= 0.3 is 0 Å². The molecule has 1 aliphatic heterocycles. The number of nitrogens with zero attached hydrogens (tertiary/aromatic N) is 1. The lowest BCUT2D eigenvalue weighted by atomic mass is 9.85. The second-order valence-electron chi connectivity index (χ2n) is 6.74. The first kappa shape index (κ1) is 18.8. The Hall–Kier alpha value is -1.56. The van der Waals surface area contributed by atoms with Gasteiger partial charge in [-0.3, -0.25) is 9.79 Å². The van der Waals surface area contributed by atoms with Crippen LogP contribution in [0.5, 0.6) is 0 Å². The Morgan fingerprint density at radius 1 is 1.42 bits per heavy atom. The number of aliphatic imine (C=N–C) groups is 1. The van der Waals surface area contributed by atoms with Gasteiger partial charge in [0.25, 0.3) is 0 Å². The molecule has 2 rings (SSSR count). The molecule has 24 heavy (non-hydrogen) atoms. The van der Waals surface area contributed by atoms with Gasteiger partial charge in [0.15, 0.2) is 5.96 Å². The van der Waals surface area contributed by atoms with Crippen LogP contribution < -0.4 is 16.0 Å². The van der Waals surface area contributed by atoms with Crippen molar-refractivity contribution in [3.8, 4) is 0 Å². The highest BCUT2D eigenvalue weighted by atomic mass is 79.9. The fraction of sp³-hybridized carbons (Fsp3) is 0.556. The molecule has 6 heteroatoms. The van der Waals surface area contributed by atoms with Gasteiger partial charge in [0.1, 0.15) is 0 Å². The van der Waals surface area contributed by atoms with Crippen molar-refractivity contribution in [2.24, 2.45) is 4.99 Å². The predicted octanol–water partition coefficient (Wildman–Crippen LogP) is 2.56. The van der Waals surface area contributed by atoms with E-state index in [0.717, 1.165) is 23.4 Å². The van der Waals surface area contributed by atoms with Crippen LogP contribution in [0.1, 0.15) is 39.2 Å². The van der Waals surface area contributed by atoms with E-state index in [2.05, 4.69) is 70.9 Å². The summed E-state index contributed by atoms with van der Waals surface area (Å²) < 4.78 is 1.11. The van der Waals surface area contributed by atoms with E-state index in [-0.39, 0.29) is 17.4 Å². The number of rotatable bonds is 5. The van der Waals surface area contributed by atoms with E-state index < -0.39 is 0 Å². The van der Waals surface area contributed by atoms with E-state index in [1.807, 2.05) is 6.07 Å². The van der Waals surface area contributed by atoms with Gasteiger partial charge in [0, 0.05) is 35.4 Å². The van der Waals surface area contributed by atoms with Gasteiger partial charge in [0.2, 0.25) is 5.91 Å². The third-order valence-corrected chi connectivity index (χ3v) is 4.88. The second kappa shape index (κ2) is 8.51. The molecule has 1 fully saturated rings. The Balaban J connectivity index is 2.04. The van der Waals surface area contributed by atoms with Crippen molar-refractivity contribution in [3.05, 3.63) is 34.3 Å². The van der Waals surface area contributed by atoms with Crippen molar-refractivity contribution >= 4 is 27.8 Å². The summed E-state index contributed by atoms with van der Waals surface area (Å²) in [7, 11) is 0. The molecule has 0 radical (unpaired) electrons. The van der Waals surface area contributed by atoms with Crippen LogP contribution >= 0.6 is 15.9 Å². The number of piperidine rings is 1. The van der Waals surface area contributed by atoms with Crippen LogP contribution in [0.25, 0.3) is 0 Å². The molecule has 5 nitrogen and oxygen atoms in total. The van der Waals surface area contributed by atoms with Gasteiger partial charge in [-0.05, 0) is 25.0 Å². The monoisotopic (exact) mass is 394 g/mol. The molecule has 0 aliphatic carbocycles. The third kappa shape index (κ3) is 5.23. The summed E-state index contributed by atoms with van der Waals surface area (Å²) in [4.78, 5) is 16.1. The minimum Gasteiger partial charge on any atom is -0.357 e. The topological polar surface area (TPSA) is 65.5 Å². The van der Waals surface area contributed by atoms with E-state index in [9.17, 15) is 4.79 Å². The quantitative estimate of drug-likeness (QED) is 0.530. The Morgan fingerprint density at radius 2 is 2.17 bits per heavy atom. The summed E-state index contributed by atoms with van der Waals surface area (Å²) in [6.45, 7) is 8.57. The van der Waals surface area contributed by atoms with Gasteiger partial charge in [-0.15, -0.1) is 0 Å². The standard InChI is InChI=1S/C18H27BrN4O/c1-4-20-17(23-13-9-10-16(24)21-11-13)22-12-18(2,3)14-7-5-6-8-15(14)19/h5-8,13H,4,9-12H2,1-3H3,(H,21,24)(H2,20,22,23). The van der Waals surface area contributed by atoms with Crippen molar-refractivity contribution in [1.29, 1.82) is 0 Å². The number of carbonyl (C=O) groups is 1. The van der Waals surface area contributed by atoms with Gasteiger partial charge in [-0.2, -0.15) is 0 Å². The minimum absolute atomic E-state index is 0.0801. The van der Waals surface area contributed by atoms with Crippen LogP contribution in [0, 0.1) is 0 Å². The van der Waals surface area contributed by atoms with Crippen LogP contribution in [-0.4, -0.2) is 37.5 Å². The highest BCUT2D eigenvalue weighted by molar-refractivity contribution is 9.10. The molecular formula is C18H27BrN4O. The number of guanidine groups is 1. The van der Waals surface area contributed by atoms with Crippen LogP contribution in [0.3, 0.4) is 0 Å². The van der Waals surface area contributed by atoms with E-state index in [1.54, 1.807) is 0 Å². The molecular weight excluding hydrogens is 368 g/mol. The maximum absolute atomic E-state index is 11.3. The molecule has 0 aromatic heterocycles. The normalized spacial score (nSPS) is 18.9. The molecule has 1 atom stereocenters. The van der Waals surface area contributed by atoms with Crippen LogP contribution in [0.4, 0.5) is 0 Å². The summed E-state index contributed by atoms with van der Waals surface area (Å²) in [6, 6.07) is 8.51. The summed E-state index contributed by atoms with van der Waals surface area (Å²) >= 11 is 3.64. The van der Waals surface area contributed by atoms with E-state index in [1.165, 1.54) is 5.56 Å². The first-order valence-corrected chi connectivity index (χ1v) is 9.28. The Kier molecular flexibility index (Phi) is 6.66. The predicted molar refractivity (Wildman–Crippen MR) is 102 cm³/mol. The van der Waals surface area contributed by atoms with Crippen molar-refractivity contribution in [1.82, 2.24) is 16.0 Å². The summed E-state index contributed by atoms with van der Waals surface area (Å²) in [5.41, 5.74) is 1.16. The number of carbonyl (C=O) groups excluding carboxylic acids is 1. The highest BCUT2D eigenvalue weighted by Gasteiger charge is 2.23. The lowest BCUT2D eigenvalue weighted by molar-refractivity contribution is -0.122. The molecule has 1 aromatic carbocycles. The van der Waals surface area contributed by atoms with Crippen LogP contribution in [-0.2, 0) is 10.2 Å². The van der Waals surface area contributed by atoms with E-state index in [4.69, 9.17) is 4.99 Å². The molecule has 1 heterocycles. The lowest BCUT2D eigenvalue weighted by Gasteiger charge is -2.27. The molecule has 1 amide bonds. The Morgan fingerprint density at radius 3 is 2.79 bits per heavy atom. The fourth-order valence-electron chi connectivity index (χ4n) is 2.74. The molecule has 1 unspecified atom stereocenters. The average molecular weight is 395 g/mol. The largest absolute Gasteiger partial charge is 0.357 e. The SMILES string of the molecule is CCNC(=NCC(C)(C)c1ccccc1Br)NC1CCC(=O)NC1. The number of hydrogen-bond donors (Lipinski definition) is 3. The Bertz CT molecular complexity index is 590. The molecule has 1 aromatic rings. The number of benzene rings is 1. The van der Waals surface area contributed by atoms with Crippen LogP contribution in [0.15, 0.2) is 33.7 Å². The third-order valence-electron chi connectivity index (χ3n) is 4.19. The number of hydrogen-bond acceptors (Lipinski definition) is 2.